The largest absolute Gasteiger partial charge is 0.469 e. The molecular weight excluding hydrogens is 198 g/mol. The monoisotopic (exact) mass is 217 g/mol. The first-order valence-corrected chi connectivity index (χ1v) is 6.29. The summed E-state index contributed by atoms with van der Waals surface area (Å²) in [7, 11) is 1.44. The molecule has 2 unspecified atom stereocenters. The smallest absolute Gasteiger partial charge is 0.305 e. The summed E-state index contributed by atoms with van der Waals surface area (Å²) in [6.07, 6.45) is 3.62. The first kappa shape index (κ1) is 11.9. The Labute approximate surface area is 89.8 Å². The number of hydrogen-bond acceptors (Lipinski definition) is 4. The van der Waals surface area contributed by atoms with Crippen LogP contribution in [0.3, 0.4) is 0 Å². The number of nitrogens with two attached hydrogens (primary N) is 1. The molecule has 14 heavy (non-hydrogen) atoms. The number of carbonyl (C=O) groups excluding carboxylic acids is 1. The lowest BCUT2D eigenvalue weighted by molar-refractivity contribution is -0.141. The van der Waals surface area contributed by atoms with Crippen LogP contribution in [0.1, 0.15) is 25.7 Å². The van der Waals surface area contributed by atoms with Crippen LogP contribution in [0.4, 0.5) is 0 Å². The summed E-state index contributed by atoms with van der Waals surface area (Å²) in [5.74, 6) is 2.73. The molecule has 0 amide bonds. The maximum Gasteiger partial charge on any atom is 0.305 e. The van der Waals surface area contributed by atoms with E-state index >= 15 is 0 Å². The molecule has 82 valence electrons. The average molecular weight is 217 g/mol. The number of esters is 1. The lowest BCUT2D eigenvalue weighted by atomic mass is 9.91. The van der Waals surface area contributed by atoms with Crippen molar-refractivity contribution in [2.24, 2.45) is 11.7 Å². The number of thioether (sulfide) groups is 1. The molecule has 1 aliphatic rings. The van der Waals surface area contributed by atoms with Gasteiger partial charge < -0.3 is 10.5 Å². The highest BCUT2D eigenvalue weighted by Crippen LogP contribution is 2.25. The Morgan fingerprint density at radius 2 is 2.21 bits per heavy atom. The molecule has 0 aliphatic carbocycles. The molecule has 0 aromatic heterocycles. The van der Waals surface area contributed by atoms with E-state index in [1.54, 1.807) is 0 Å². The van der Waals surface area contributed by atoms with Crippen LogP contribution in [0, 0.1) is 5.92 Å². The van der Waals surface area contributed by atoms with Gasteiger partial charge in [0.05, 0.1) is 7.11 Å². The summed E-state index contributed by atoms with van der Waals surface area (Å²) in [6, 6.07) is 0.273. The van der Waals surface area contributed by atoms with Gasteiger partial charge in [0.25, 0.3) is 0 Å². The van der Waals surface area contributed by atoms with Crippen LogP contribution < -0.4 is 5.73 Å². The van der Waals surface area contributed by atoms with Gasteiger partial charge in [0.2, 0.25) is 0 Å². The van der Waals surface area contributed by atoms with Gasteiger partial charge in [0, 0.05) is 12.5 Å². The zero-order valence-electron chi connectivity index (χ0n) is 8.70. The molecule has 0 aromatic carbocycles. The topological polar surface area (TPSA) is 52.3 Å². The van der Waals surface area contributed by atoms with Crippen molar-refractivity contribution in [3.05, 3.63) is 0 Å². The average Bonchev–Trinajstić information content (AvgIpc) is 2.39. The molecule has 1 aliphatic heterocycles. The van der Waals surface area contributed by atoms with E-state index in [2.05, 4.69) is 4.74 Å². The predicted octanol–water partition coefficient (Wildman–Crippen LogP) is 1.41. The van der Waals surface area contributed by atoms with Gasteiger partial charge in [-0.25, -0.2) is 0 Å². The number of hydrogen-bond donors (Lipinski definition) is 1. The number of ether oxygens (including phenoxy) is 1. The minimum Gasteiger partial charge on any atom is -0.469 e. The second-order valence-corrected chi connectivity index (χ2v) is 4.95. The minimum absolute atomic E-state index is 0.117. The van der Waals surface area contributed by atoms with Crippen molar-refractivity contribution in [3.8, 4) is 0 Å². The Morgan fingerprint density at radius 3 is 2.93 bits per heavy atom. The summed E-state index contributed by atoms with van der Waals surface area (Å²) in [4.78, 5) is 11.0. The molecule has 0 radical (unpaired) electrons. The Bertz CT molecular complexity index is 187. The van der Waals surface area contributed by atoms with E-state index in [0.717, 1.165) is 25.0 Å². The normalized spacial score (nSPS) is 28.1. The molecule has 0 spiro atoms. The summed E-state index contributed by atoms with van der Waals surface area (Å²) in [6.45, 7) is 0. The molecule has 4 heteroatoms. The van der Waals surface area contributed by atoms with E-state index in [1.165, 1.54) is 12.9 Å². The molecule has 0 aromatic rings. The van der Waals surface area contributed by atoms with Gasteiger partial charge in [-0.05, 0) is 36.7 Å². The standard InChI is InChI=1S/C10H19NO2S/c1-13-10(12)3-2-8-4-6-14-7-5-9(8)11/h8-9H,2-7,11H2,1H3. The van der Waals surface area contributed by atoms with Crippen LogP contribution in [-0.2, 0) is 9.53 Å². The molecular formula is C10H19NO2S. The second kappa shape index (κ2) is 6.30. The van der Waals surface area contributed by atoms with E-state index in [9.17, 15) is 4.79 Å². The van der Waals surface area contributed by atoms with E-state index in [4.69, 9.17) is 5.73 Å². The van der Waals surface area contributed by atoms with Crippen molar-refractivity contribution in [3.63, 3.8) is 0 Å². The Morgan fingerprint density at radius 1 is 1.50 bits per heavy atom. The molecule has 1 rings (SSSR count). The van der Waals surface area contributed by atoms with Gasteiger partial charge in [-0.2, -0.15) is 11.8 Å². The lowest BCUT2D eigenvalue weighted by Gasteiger charge is -2.19. The predicted molar refractivity (Wildman–Crippen MR) is 59.3 cm³/mol. The fourth-order valence-corrected chi connectivity index (χ4v) is 2.88. The highest BCUT2D eigenvalue weighted by Gasteiger charge is 2.21. The van der Waals surface area contributed by atoms with Crippen molar-refractivity contribution >= 4 is 17.7 Å². The van der Waals surface area contributed by atoms with Crippen LogP contribution in [-0.4, -0.2) is 30.6 Å². The van der Waals surface area contributed by atoms with Crippen molar-refractivity contribution in [2.45, 2.75) is 31.7 Å². The first-order chi connectivity index (χ1) is 6.74. The van der Waals surface area contributed by atoms with Crippen molar-refractivity contribution in [1.82, 2.24) is 0 Å². The SMILES string of the molecule is COC(=O)CCC1CCSCCC1N. The number of carbonyl (C=O) groups is 1. The van der Waals surface area contributed by atoms with Crippen LogP contribution in [0.5, 0.6) is 0 Å². The summed E-state index contributed by atoms with van der Waals surface area (Å²) < 4.78 is 4.62. The molecule has 2 atom stereocenters. The zero-order chi connectivity index (χ0) is 10.4. The van der Waals surface area contributed by atoms with Crippen LogP contribution in [0.2, 0.25) is 0 Å². The second-order valence-electron chi connectivity index (χ2n) is 3.73. The maximum absolute atomic E-state index is 11.0. The van der Waals surface area contributed by atoms with Crippen LogP contribution >= 0.6 is 11.8 Å². The molecule has 0 bridgehead atoms. The third-order valence-electron chi connectivity index (χ3n) is 2.78. The Kier molecular flexibility index (Phi) is 5.33. The van der Waals surface area contributed by atoms with Crippen molar-refractivity contribution in [2.75, 3.05) is 18.6 Å². The highest BCUT2D eigenvalue weighted by atomic mass is 32.2. The van der Waals surface area contributed by atoms with Gasteiger partial charge in [-0.15, -0.1) is 0 Å². The summed E-state index contributed by atoms with van der Waals surface area (Å²) in [5.41, 5.74) is 6.04. The Balaban J connectivity index is 2.29. The van der Waals surface area contributed by atoms with Crippen LogP contribution in [0.15, 0.2) is 0 Å². The van der Waals surface area contributed by atoms with Gasteiger partial charge in [-0.1, -0.05) is 0 Å². The molecule has 2 N–H and O–H groups in total. The number of rotatable bonds is 3. The Hall–Kier alpha value is -0.220. The minimum atomic E-state index is -0.117. The third-order valence-corrected chi connectivity index (χ3v) is 3.83. The number of methoxy groups -OCH3 is 1. The van der Waals surface area contributed by atoms with E-state index in [1.807, 2.05) is 11.8 Å². The lowest BCUT2D eigenvalue weighted by Crippen LogP contribution is -2.30. The van der Waals surface area contributed by atoms with Gasteiger partial charge in [-0.3, -0.25) is 4.79 Å². The third kappa shape index (κ3) is 3.88. The fourth-order valence-electron chi connectivity index (χ4n) is 1.77. The van der Waals surface area contributed by atoms with E-state index in [0.29, 0.717) is 12.3 Å². The summed E-state index contributed by atoms with van der Waals surface area (Å²) >= 11 is 1.97. The van der Waals surface area contributed by atoms with Gasteiger partial charge in [0.15, 0.2) is 0 Å². The van der Waals surface area contributed by atoms with E-state index in [-0.39, 0.29) is 12.0 Å². The molecule has 1 saturated heterocycles. The molecule has 0 saturated carbocycles. The highest BCUT2D eigenvalue weighted by molar-refractivity contribution is 7.99. The maximum atomic E-state index is 11.0. The summed E-state index contributed by atoms with van der Waals surface area (Å²) in [5, 5.41) is 0. The van der Waals surface area contributed by atoms with Crippen molar-refractivity contribution in [1.29, 1.82) is 0 Å². The molecule has 1 fully saturated rings. The van der Waals surface area contributed by atoms with Crippen LogP contribution in [0.25, 0.3) is 0 Å². The zero-order valence-corrected chi connectivity index (χ0v) is 9.52. The first-order valence-electron chi connectivity index (χ1n) is 5.14. The van der Waals surface area contributed by atoms with E-state index < -0.39 is 0 Å². The quantitative estimate of drug-likeness (QED) is 0.726. The fraction of sp³-hybridized carbons (Fsp3) is 0.900. The van der Waals surface area contributed by atoms with Crippen molar-refractivity contribution < 1.29 is 9.53 Å². The molecule has 1 heterocycles. The van der Waals surface area contributed by atoms with Gasteiger partial charge >= 0.3 is 5.97 Å². The molecule has 3 nitrogen and oxygen atoms in total. The van der Waals surface area contributed by atoms with Gasteiger partial charge in [0.1, 0.15) is 0 Å².